The molecule has 0 radical (unpaired) electrons. The number of carbonyl (C=O) groups is 1. The van der Waals surface area contributed by atoms with Gasteiger partial charge in [0.15, 0.2) is 6.10 Å². The number of methoxy groups -OCH3 is 1. The summed E-state index contributed by atoms with van der Waals surface area (Å²) in [6.07, 6.45) is -1.46. The van der Waals surface area contributed by atoms with Crippen molar-refractivity contribution in [2.45, 2.75) is 18.3 Å². The van der Waals surface area contributed by atoms with E-state index < -0.39 is 17.9 Å². The topological polar surface area (TPSA) is 54.0 Å². The first-order valence-corrected chi connectivity index (χ1v) is 11.9. The van der Waals surface area contributed by atoms with Crippen LogP contribution in [0.5, 0.6) is 0 Å². The van der Waals surface area contributed by atoms with Crippen molar-refractivity contribution < 1.29 is 23.7 Å². The molecule has 1 unspecified atom stereocenters. The van der Waals surface area contributed by atoms with E-state index in [0.717, 1.165) is 22.3 Å². The minimum absolute atomic E-state index is 0.0859. The predicted octanol–water partition coefficient (Wildman–Crippen LogP) is 6.36. The SMILES string of the molecule is COC(=O)OC(COCc1ccccc1)COC(c1ccccc1)(c1ccccc1)c1ccccc1. The average Bonchev–Trinajstić information content (AvgIpc) is 2.95. The van der Waals surface area contributed by atoms with Crippen LogP contribution < -0.4 is 0 Å². The second-order valence-corrected chi connectivity index (χ2v) is 8.28. The minimum Gasteiger partial charge on any atom is -0.438 e. The Balaban J connectivity index is 1.65. The summed E-state index contributed by atoms with van der Waals surface area (Å²) in [5.74, 6) is 0. The number of hydrogen-bond acceptors (Lipinski definition) is 5. The Morgan fingerprint density at radius 3 is 1.56 bits per heavy atom. The molecule has 0 aliphatic carbocycles. The minimum atomic E-state index is -0.930. The zero-order valence-electron chi connectivity index (χ0n) is 20.3. The zero-order chi connectivity index (χ0) is 25.1. The Bertz CT molecular complexity index is 1080. The summed E-state index contributed by atoms with van der Waals surface area (Å²) >= 11 is 0. The van der Waals surface area contributed by atoms with E-state index in [9.17, 15) is 4.79 Å². The van der Waals surface area contributed by atoms with Crippen LogP contribution >= 0.6 is 0 Å². The van der Waals surface area contributed by atoms with Crippen LogP contribution in [0.25, 0.3) is 0 Å². The van der Waals surface area contributed by atoms with Gasteiger partial charge in [-0.3, -0.25) is 0 Å². The molecular formula is C31H30O5. The number of benzene rings is 4. The van der Waals surface area contributed by atoms with Gasteiger partial charge in [-0.05, 0) is 22.3 Å². The molecule has 5 heteroatoms. The van der Waals surface area contributed by atoms with Crippen molar-refractivity contribution in [1.29, 1.82) is 0 Å². The molecule has 0 aliphatic rings. The number of ether oxygens (including phenoxy) is 4. The second kappa shape index (κ2) is 12.7. The van der Waals surface area contributed by atoms with Crippen LogP contribution in [0, 0.1) is 0 Å². The fraction of sp³-hybridized carbons (Fsp3) is 0.194. The zero-order valence-corrected chi connectivity index (χ0v) is 20.3. The Morgan fingerprint density at radius 2 is 1.11 bits per heavy atom. The number of carbonyl (C=O) groups excluding carboxylic acids is 1. The van der Waals surface area contributed by atoms with Gasteiger partial charge >= 0.3 is 6.16 Å². The van der Waals surface area contributed by atoms with E-state index in [4.69, 9.17) is 18.9 Å². The fourth-order valence-corrected chi connectivity index (χ4v) is 4.17. The molecule has 0 N–H and O–H groups in total. The van der Waals surface area contributed by atoms with Crippen LogP contribution in [0.4, 0.5) is 4.79 Å². The third-order valence-electron chi connectivity index (χ3n) is 5.87. The van der Waals surface area contributed by atoms with Gasteiger partial charge in [0.05, 0.1) is 26.9 Å². The van der Waals surface area contributed by atoms with Gasteiger partial charge < -0.3 is 18.9 Å². The lowest BCUT2D eigenvalue weighted by molar-refractivity contribution is -0.0813. The first-order valence-electron chi connectivity index (χ1n) is 11.9. The van der Waals surface area contributed by atoms with E-state index in [0.29, 0.717) is 6.61 Å². The second-order valence-electron chi connectivity index (χ2n) is 8.28. The molecule has 4 aromatic rings. The predicted molar refractivity (Wildman–Crippen MR) is 139 cm³/mol. The van der Waals surface area contributed by atoms with Crippen molar-refractivity contribution in [3.05, 3.63) is 144 Å². The first-order chi connectivity index (χ1) is 17.7. The van der Waals surface area contributed by atoms with E-state index in [1.165, 1.54) is 7.11 Å². The third-order valence-corrected chi connectivity index (χ3v) is 5.87. The summed E-state index contributed by atoms with van der Waals surface area (Å²) in [6, 6.07) is 40.0. The maximum atomic E-state index is 12.0. The van der Waals surface area contributed by atoms with Crippen LogP contribution in [0.3, 0.4) is 0 Å². The Hall–Kier alpha value is -3.93. The van der Waals surface area contributed by atoms with Crippen molar-refractivity contribution >= 4 is 6.16 Å². The maximum Gasteiger partial charge on any atom is 0.508 e. The highest BCUT2D eigenvalue weighted by Crippen LogP contribution is 2.40. The van der Waals surface area contributed by atoms with Gasteiger partial charge in [0.25, 0.3) is 0 Å². The van der Waals surface area contributed by atoms with Gasteiger partial charge in [-0.1, -0.05) is 121 Å². The van der Waals surface area contributed by atoms with Gasteiger partial charge in [-0.2, -0.15) is 0 Å². The molecule has 0 aromatic heterocycles. The Kier molecular flexibility index (Phi) is 8.87. The molecular weight excluding hydrogens is 452 g/mol. The van der Waals surface area contributed by atoms with E-state index in [1.807, 2.05) is 121 Å². The molecule has 0 bridgehead atoms. The van der Waals surface area contributed by atoms with E-state index >= 15 is 0 Å². The fourth-order valence-electron chi connectivity index (χ4n) is 4.17. The lowest BCUT2D eigenvalue weighted by atomic mass is 9.80. The average molecular weight is 483 g/mol. The quantitative estimate of drug-likeness (QED) is 0.184. The van der Waals surface area contributed by atoms with E-state index in [2.05, 4.69) is 0 Å². The molecule has 36 heavy (non-hydrogen) atoms. The summed E-state index contributed by atoms with van der Waals surface area (Å²) in [5, 5.41) is 0. The van der Waals surface area contributed by atoms with Crippen molar-refractivity contribution in [2.75, 3.05) is 20.3 Å². The van der Waals surface area contributed by atoms with Gasteiger partial charge in [-0.15, -0.1) is 0 Å². The van der Waals surface area contributed by atoms with Crippen molar-refractivity contribution in [2.24, 2.45) is 0 Å². The normalized spacial score (nSPS) is 12.0. The van der Waals surface area contributed by atoms with Gasteiger partial charge in [0.1, 0.15) is 5.60 Å². The lowest BCUT2D eigenvalue weighted by Gasteiger charge is -2.37. The maximum absolute atomic E-state index is 12.0. The van der Waals surface area contributed by atoms with Crippen LogP contribution in [0.15, 0.2) is 121 Å². The summed E-state index contributed by atoms with van der Waals surface area (Å²) < 4.78 is 23.0. The summed E-state index contributed by atoms with van der Waals surface area (Å²) in [5.41, 5.74) is 2.99. The van der Waals surface area contributed by atoms with Crippen LogP contribution in [0.2, 0.25) is 0 Å². The highest BCUT2D eigenvalue weighted by Gasteiger charge is 2.38. The van der Waals surface area contributed by atoms with Gasteiger partial charge in [-0.25, -0.2) is 4.79 Å². The first kappa shape index (κ1) is 25.2. The Labute approximate surface area is 212 Å². The molecule has 0 saturated heterocycles. The van der Waals surface area contributed by atoms with Crippen molar-refractivity contribution in [1.82, 2.24) is 0 Å². The van der Waals surface area contributed by atoms with Gasteiger partial charge in [0, 0.05) is 0 Å². The molecule has 0 fully saturated rings. The third kappa shape index (κ3) is 6.19. The van der Waals surface area contributed by atoms with E-state index in [1.54, 1.807) is 0 Å². The molecule has 0 amide bonds. The molecule has 0 saturated carbocycles. The number of rotatable bonds is 11. The van der Waals surface area contributed by atoms with Crippen LogP contribution in [0.1, 0.15) is 22.3 Å². The molecule has 5 nitrogen and oxygen atoms in total. The summed E-state index contributed by atoms with van der Waals surface area (Å²) in [4.78, 5) is 12.0. The summed E-state index contributed by atoms with van der Waals surface area (Å²) in [7, 11) is 1.28. The largest absolute Gasteiger partial charge is 0.508 e. The molecule has 184 valence electrons. The monoisotopic (exact) mass is 482 g/mol. The van der Waals surface area contributed by atoms with Gasteiger partial charge in [0.2, 0.25) is 0 Å². The highest BCUT2D eigenvalue weighted by molar-refractivity contribution is 5.59. The molecule has 0 heterocycles. The molecule has 0 aliphatic heterocycles. The van der Waals surface area contributed by atoms with E-state index in [-0.39, 0.29) is 13.2 Å². The van der Waals surface area contributed by atoms with Crippen LogP contribution in [-0.4, -0.2) is 32.6 Å². The van der Waals surface area contributed by atoms with Crippen molar-refractivity contribution in [3.8, 4) is 0 Å². The molecule has 1 atom stereocenters. The standard InChI is InChI=1S/C31H30O5/c1-33-30(32)36-29(23-34-22-25-14-6-2-7-15-25)24-35-31(26-16-8-3-9-17-26,27-18-10-4-11-19-27)28-20-12-5-13-21-28/h2-21,29H,22-24H2,1H3. The number of hydrogen-bond donors (Lipinski definition) is 0. The lowest BCUT2D eigenvalue weighted by Crippen LogP contribution is -2.38. The molecule has 0 spiro atoms. The molecule has 4 aromatic carbocycles. The Morgan fingerprint density at radius 1 is 0.667 bits per heavy atom. The molecule has 4 rings (SSSR count). The van der Waals surface area contributed by atoms with Crippen molar-refractivity contribution in [3.63, 3.8) is 0 Å². The highest BCUT2D eigenvalue weighted by atomic mass is 16.7. The summed E-state index contributed by atoms with van der Waals surface area (Å²) in [6.45, 7) is 0.629. The smallest absolute Gasteiger partial charge is 0.438 e. The van der Waals surface area contributed by atoms with Crippen LogP contribution in [-0.2, 0) is 31.2 Å².